The van der Waals surface area contributed by atoms with Gasteiger partial charge in [-0.05, 0) is 36.4 Å². The second-order valence-corrected chi connectivity index (χ2v) is 6.79. The van der Waals surface area contributed by atoms with Crippen molar-refractivity contribution in [1.29, 1.82) is 0 Å². The van der Waals surface area contributed by atoms with E-state index in [-0.39, 0.29) is 24.6 Å². The molecule has 0 spiro atoms. The molecule has 2 aromatic rings. The second-order valence-electron chi connectivity index (χ2n) is 6.79. The summed E-state index contributed by atoms with van der Waals surface area (Å²) in [5.41, 5.74) is 0.910. The number of carbonyl (C=O) groups is 2. The molecule has 1 N–H and O–H groups in total. The van der Waals surface area contributed by atoms with Gasteiger partial charge >= 0.3 is 6.36 Å². The van der Waals surface area contributed by atoms with Crippen molar-refractivity contribution in [2.75, 3.05) is 30.0 Å². The van der Waals surface area contributed by atoms with Crippen LogP contribution in [0.15, 0.2) is 42.5 Å². The van der Waals surface area contributed by atoms with Crippen LogP contribution in [-0.4, -0.2) is 37.9 Å². The van der Waals surface area contributed by atoms with Crippen LogP contribution in [0.3, 0.4) is 0 Å². The van der Waals surface area contributed by atoms with Gasteiger partial charge in [-0.1, -0.05) is 0 Å². The number of halogens is 3. The Morgan fingerprint density at radius 2 is 1.77 bits per heavy atom. The summed E-state index contributed by atoms with van der Waals surface area (Å²) in [6.07, 6.45) is -4.76. The lowest BCUT2D eigenvalue weighted by Crippen LogP contribution is -2.28. The predicted octanol–water partition coefficient (Wildman–Crippen LogP) is 3.35. The van der Waals surface area contributed by atoms with Gasteiger partial charge in [-0.2, -0.15) is 0 Å². The molecule has 30 heavy (non-hydrogen) atoms. The summed E-state index contributed by atoms with van der Waals surface area (Å²) in [6, 6.07) is 9.95. The molecule has 0 bridgehead atoms. The summed E-state index contributed by atoms with van der Waals surface area (Å²) in [6.45, 7) is 1.06. The first-order valence-corrected chi connectivity index (χ1v) is 9.15. The van der Waals surface area contributed by atoms with Crippen LogP contribution in [-0.2, 0) is 9.59 Å². The smallest absolute Gasteiger partial charge is 0.486 e. The zero-order valence-electron chi connectivity index (χ0n) is 15.6. The van der Waals surface area contributed by atoms with Gasteiger partial charge in [0.1, 0.15) is 19.0 Å². The SMILES string of the molecule is O=C(Nc1ccc(OC(F)(F)F)cc1)C1CC(=O)N(c2ccc3c(c2)OCCO3)C1. The van der Waals surface area contributed by atoms with Gasteiger partial charge in [0.05, 0.1) is 5.92 Å². The first-order valence-electron chi connectivity index (χ1n) is 9.15. The lowest BCUT2D eigenvalue weighted by Gasteiger charge is -2.22. The highest BCUT2D eigenvalue weighted by atomic mass is 19.4. The number of alkyl halides is 3. The zero-order chi connectivity index (χ0) is 21.3. The van der Waals surface area contributed by atoms with E-state index in [4.69, 9.17) is 9.47 Å². The summed E-state index contributed by atoms with van der Waals surface area (Å²) >= 11 is 0. The zero-order valence-corrected chi connectivity index (χ0v) is 15.6. The van der Waals surface area contributed by atoms with E-state index in [0.29, 0.717) is 36.1 Å². The van der Waals surface area contributed by atoms with E-state index in [0.717, 1.165) is 12.1 Å². The first-order chi connectivity index (χ1) is 14.3. The van der Waals surface area contributed by atoms with Gasteiger partial charge in [0.2, 0.25) is 11.8 Å². The van der Waals surface area contributed by atoms with Gasteiger partial charge in [0.15, 0.2) is 11.5 Å². The van der Waals surface area contributed by atoms with Crippen LogP contribution in [0, 0.1) is 5.92 Å². The third-order valence-electron chi connectivity index (χ3n) is 4.69. The Kier molecular flexibility index (Phi) is 5.15. The monoisotopic (exact) mass is 422 g/mol. The lowest BCUT2D eigenvalue weighted by atomic mass is 10.1. The van der Waals surface area contributed by atoms with Crippen LogP contribution >= 0.6 is 0 Å². The fourth-order valence-electron chi connectivity index (χ4n) is 3.32. The van der Waals surface area contributed by atoms with Crippen molar-refractivity contribution < 1.29 is 37.0 Å². The van der Waals surface area contributed by atoms with Crippen molar-refractivity contribution in [3.63, 3.8) is 0 Å². The standard InChI is InChI=1S/C20H17F3N2O5/c21-20(22,23)30-15-4-1-13(2-5-15)24-19(27)12-9-18(26)25(11-12)14-3-6-16-17(10-14)29-8-7-28-16/h1-6,10,12H,7-9,11H2,(H,24,27). The Labute approximate surface area is 169 Å². The highest BCUT2D eigenvalue weighted by molar-refractivity contribution is 6.03. The Morgan fingerprint density at radius 3 is 2.47 bits per heavy atom. The molecule has 1 fully saturated rings. The molecule has 2 heterocycles. The Bertz CT molecular complexity index is 962. The number of ether oxygens (including phenoxy) is 3. The fraction of sp³-hybridized carbons (Fsp3) is 0.300. The number of fused-ring (bicyclic) bond motifs is 1. The highest BCUT2D eigenvalue weighted by Gasteiger charge is 2.36. The van der Waals surface area contributed by atoms with Crippen molar-refractivity contribution >= 4 is 23.2 Å². The van der Waals surface area contributed by atoms with Crippen LogP contribution in [0.25, 0.3) is 0 Å². The average Bonchev–Trinajstić information content (AvgIpc) is 3.10. The molecule has 0 radical (unpaired) electrons. The minimum absolute atomic E-state index is 0.0234. The Morgan fingerprint density at radius 1 is 1.07 bits per heavy atom. The first kappa shape index (κ1) is 19.9. The van der Waals surface area contributed by atoms with E-state index < -0.39 is 18.2 Å². The van der Waals surface area contributed by atoms with Gasteiger partial charge in [-0.3, -0.25) is 9.59 Å². The third kappa shape index (κ3) is 4.42. The topological polar surface area (TPSA) is 77.1 Å². The van der Waals surface area contributed by atoms with Crippen LogP contribution in [0.2, 0.25) is 0 Å². The Balaban J connectivity index is 1.39. The van der Waals surface area contributed by atoms with Gasteiger partial charge in [0.25, 0.3) is 0 Å². The molecule has 158 valence electrons. The van der Waals surface area contributed by atoms with E-state index in [1.165, 1.54) is 17.0 Å². The molecule has 0 aliphatic carbocycles. The molecule has 7 nitrogen and oxygen atoms in total. The summed E-state index contributed by atoms with van der Waals surface area (Å²) in [5.74, 6) is -0.448. The van der Waals surface area contributed by atoms with Crippen LogP contribution in [0.5, 0.6) is 17.2 Å². The molecule has 2 aliphatic heterocycles. The molecular weight excluding hydrogens is 405 g/mol. The minimum atomic E-state index is -4.79. The van der Waals surface area contributed by atoms with E-state index in [1.807, 2.05) is 0 Å². The van der Waals surface area contributed by atoms with Gasteiger partial charge < -0.3 is 24.4 Å². The molecule has 2 aliphatic rings. The van der Waals surface area contributed by atoms with E-state index in [2.05, 4.69) is 10.1 Å². The molecule has 1 saturated heterocycles. The summed E-state index contributed by atoms with van der Waals surface area (Å²) in [4.78, 5) is 26.5. The average molecular weight is 422 g/mol. The van der Waals surface area contributed by atoms with Crippen molar-refractivity contribution in [3.05, 3.63) is 42.5 Å². The largest absolute Gasteiger partial charge is 0.573 e. The molecule has 10 heteroatoms. The van der Waals surface area contributed by atoms with Crippen molar-refractivity contribution in [1.82, 2.24) is 0 Å². The summed E-state index contributed by atoms with van der Waals surface area (Å²) < 4.78 is 51.4. The third-order valence-corrected chi connectivity index (χ3v) is 4.69. The van der Waals surface area contributed by atoms with Crippen molar-refractivity contribution in [2.24, 2.45) is 5.92 Å². The highest BCUT2D eigenvalue weighted by Crippen LogP contribution is 2.36. The molecular formula is C20H17F3N2O5. The van der Waals surface area contributed by atoms with E-state index in [9.17, 15) is 22.8 Å². The van der Waals surface area contributed by atoms with Crippen molar-refractivity contribution in [3.8, 4) is 17.2 Å². The summed E-state index contributed by atoms with van der Waals surface area (Å²) in [7, 11) is 0. The molecule has 1 unspecified atom stereocenters. The molecule has 0 saturated carbocycles. The van der Waals surface area contributed by atoms with E-state index in [1.54, 1.807) is 18.2 Å². The second kappa shape index (κ2) is 7.77. The number of hydrogen-bond acceptors (Lipinski definition) is 5. The number of carbonyl (C=O) groups excluding carboxylic acids is 2. The number of nitrogens with one attached hydrogen (secondary N) is 1. The van der Waals surface area contributed by atoms with E-state index >= 15 is 0 Å². The normalized spacial score (nSPS) is 18.3. The molecule has 4 rings (SSSR count). The quantitative estimate of drug-likeness (QED) is 0.818. The van der Waals surface area contributed by atoms with Gasteiger partial charge in [-0.25, -0.2) is 0 Å². The predicted molar refractivity (Wildman–Crippen MR) is 99.6 cm³/mol. The Hall–Kier alpha value is -3.43. The molecule has 2 amide bonds. The van der Waals surface area contributed by atoms with Gasteiger partial charge in [-0.15, -0.1) is 13.2 Å². The number of benzene rings is 2. The van der Waals surface area contributed by atoms with Crippen LogP contribution < -0.4 is 24.4 Å². The number of amides is 2. The number of nitrogens with zero attached hydrogens (tertiary/aromatic N) is 1. The van der Waals surface area contributed by atoms with Crippen molar-refractivity contribution in [2.45, 2.75) is 12.8 Å². The number of anilines is 2. The number of rotatable bonds is 4. The lowest BCUT2D eigenvalue weighted by molar-refractivity contribution is -0.274. The molecule has 2 aromatic carbocycles. The molecule has 1 atom stereocenters. The maximum absolute atomic E-state index is 12.5. The maximum Gasteiger partial charge on any atom is 0.573 e. The van der Waals surface area contributed by atoms with Gasteiger partial charge in [0, 0.05) is 30.4 Å². The number of hydrogen-bond donors (Lipinski definition) is 1. The van der Waals surface area contributed by atoms with Crippen LogP contribution in [0.1, 0.15) is 6.42 Å². The fourth-order valence-corrected chi connectivity index (χ4v) is 3.32. The van der Waals surface area contributed by atoms with Crippen LogP contribution in [0.4, 0.5) is 24.5 Å². The minimum Gasteiger partial charge on any atom is -0.486 e. The maximum atomic E-state index is 12.5. The summed E-state index contributed by atoms with van der Waals surface area (Å²) in [5, 5.41) is 2.62. The molecule has 0 aromatic heterocycles.